The largest absolute Gasteiger partial charge is 0.319 e. The number of halogens is 2. The van der Waals surface area contributed by atoms with Crippen molar-refractivity contribution < 1.29 is 4.79 Å². The zero-order chi connectivity index (χ0) is 22.0. The van der Waals surface area contributed by atoms with Crippen molar-refractivity contribution >= 4 is 34.8 Å². The van der Waals surface area contributed by atoms with Crippen LogP contribution in [-0.4, -0.2) is 20.7 Å². The zero-order valence-corrected chi connectivity index (χ0v) is 18.6. The van der Waals surface area contributed by atoms with Crippen LogP contribution in [0.1, 0.15) is 28.7 Å². The summed E-state index contributed by atoms with van der Waals surface area (Å²) < 4.78 is 1.60. The summed E-state index contributed by atoms with van der Waals surface area (Å²) in [5.74, 6) is 0.202. The molecule has 0 aliphatic heterocycles. The highest BCUT2D eigenvalue weighted by molar-refractivity contribution is 6.42. The molecule has 0 saturated heterocycles. The average Bonchev–Trinajstić information content (AvgIpc) is 3.22. The highest BCUT2D eigenvalue weighted by Gasteiger charge is 2.19. The van der Waals surface area contributed by atoms with Crippen LogP contribution in [0.15, 0.2) is 66.7 Å². The summed E-state index contributed by atoms with van der Waals surface area (Å²) in [6, 6.07) is 20.7. The van der Waals surface area contributed by atoms with Crippen LogP contribution in [0.25, 0.3) is 17.1 Å². The molecule has 0 spiro atoms. The SMILES string of the molecule is CCc1ccc(NC(=O)c2nc(-c3cccc(C)c3)n(-c3ccc(Cl)c(Cl)c3)n2)cc1. The molecule has 0 unspecified atom stereocenters. The Labute approximate surface area is 190 Å². The molecule has 0 saturated carbocycles. The first-order valence-electron chi connectivity index (χ1n) is 9.84. The van der Waals surface area contributed by atoms with E-state index in [0.29, 0.717) is 27.2 Å². The van der Waals surface area contributed by atoms with Gasteiger partial charge in [0.15, 0.2) is 5.82 Å². The van der Waals surface area contributed by atoms with E-state index in [1.807, 2.05) is 55.5 Å². The Bertz CT molecular complexity index is 1250. The lowest BCUT2D eigenvalue weighted by molar-refractivity contribution is 0.101. The summed E-state index contributed by atoms with van der Waals surface area (Å²) >= 11 is 12.3. The molecule has 4 rings (SSSR count). The minimum absolute atomic E-state index is 0.0575. The highest BCUT2D eigenvalue weighted by atomic mass is 35.5. The molecular weight excluding hydrogens is 431 g/mol. The van der Waals surface area contributed by atoms with Crippen molar-refractivity contribution in [2.45, 2.75) is 20.3 Å². The first-order chi connectivity index (χ1) is 14.9. The predicted octanol–water partition coefficient (Wildman–Crippen LogP) is 6.36. The Hall–Kier alpha value is -3.15. The minimum Gasteiger partial charge on any atom is -0.319 e. The van der Waals surface area contributed by atoms with E-state index < -0.39 is 5.91 Å². The van der Waals surface area contributed by atoms with Crippen LogP contribution in [0.5, 0.6) is 0 Å². The molecule has 0 fully saturated rings. The molecule has 0 atom stereocenters. The molecule has 0 radical (unpaired) electrons. The summed E-state index contributed by atoms with van der Waals surface area (Å²) in [6.07, 6.45) is 0.934. The molecule has 1 N–H and O–H groups in total. The van der Waals surface area contributed by atoms with E-state index in [1.54, 1.807) is 22.9 Å². The van der Waals surface area contributed by atoms with Crippen molar-refractivity contribution in [3.05, 3.63) is 93.7 Å². The molecule has 1 heterocycles. The second-order valence-electron chi connectivity index (χ2n) is 7.14. The molecule has 1 aromatic heterocycles. The lowest BCUT2D eigenvalue weighted by Gasteiger charge is -2.07. The van der Waals surface area contributed by atoms with Crippen molar-refractivity contribution in [2.75, 3.05) is 5.32 Å². The number of aryl methyl sites for hydroxylation is 2. The standard InChI is InChI=1S/C24H20Cl2N4O/c1-3-16-7-9-18(10-8-16)27-24(31)22-28-23(17-6-4-5-15(2)13-17)30(29-22)19-11-12-20(25)21(26)14-19/h4-14H,3H2,1-2H3,(H,27,31). The number of hydrogen-bond acceptors (Lipinski definition) is 3. The van der Waals surface area contributed by atoms with Gasteiger partial charge in [-0.25, -0.2) is 9.67 Å². The third-order valence-electron chi connectivity index (χ3n) is 4.85. The Balaban J connectivity index is 1.74. The number of benzene rings is 3. The number of anilines is 1. The fourth-order valence-electron chi connectivity index (χ4n) is 3.19. The molecule has 1 amide bonds. The summed E-state index contributed by atoms with van der Waals surface area (Å²) in [7, 11) is 0. The smallest absolute Gasteiger partial charge is 0.295 e. The van der Waals surface area contributed by atoms with Gasteiger partial charge in [0.1, 0.15) is 0 Å². The van der Waals surface area contributed by atoms with Gasteiger partial charge in [0.05, 0.1) is 15.7 Å². The summed E-state index contributed by atoms with van der Waals surface area (Å²) in [5, 5.41) is 8.18. The number of aromatic nitrogens is 3. The van der Waals surface area contributed by atoms with E-state index in [1.165, 1.54) is 5.56 Å². The van der Waals surface area contributed by atoms with Gasteiger partial charge in [0.25, 0.3) is 5.91 Å². The van der Waals surface area contributed by atoms with Crippen LogP contribution < -0.4 is 5.32 Å². The Morgan fingerprint density at radius 1 is 1.00 bits per heavy atom. The Morgan fingerprint density at radius 2 is 1.77 bits per heavy atom. The number of carbonyl (C=O) groups excluding carboxylic acids is 1. The zero-order valence-electron chi connectivity index (χ0n) is 17.1. The molecule has 5 nitrogen and oxygen atoms in total. The van der Waals surface area contributed by atoms with Crippen molar-refractivity contribution in [2.24, 2.45) is 0 Å². The molecule has 156 valence electrons. The third-order valence-corrected chi connectivity index (χ3v) is 5.59. The van der Waals surface area contributed by atoms with E-state index in [-0.39, 0.29) is 5.82 Å². The summed E-state index contributed by atoms with van der Waals surface area (Å²) in [4.78, 5) is 17.4. The second kappa shape index (κ2) is 8.92. The van der Waals surface area contributed by atoms with Crippen LogP contribution in [0, 0.1) is 6.92 Å². The maximum absolute atomic E-state index is 12.9. The van der Waals surface area contributed by atoms with E-state index in [0.717, 1.165) is 17.5 Å². The summed E-state index contributed by atoms with van der Waals surface area (Å²) in [5.41, 5.74) is 4.45. The highest BCUT2D eigenvalue weighted by Crippen LogP contribution is 2.28. The third kappa shape index (κ3) is 4.63. The number of nitrogens with one attached hydrogen (secondary N) is 1. The molecule has 0 aliphatic rings. The van der Waals surface area contributed by atoms with Gasteiger partial charge in [0, 0.05) is 11.3 Å². The van der Waals surface area contributed by atoms with Crippen LogP contribution in [0.2, 0.25) is 10.0 Å². The van der Waals surface area contributed by atoms with Gasteiger partial charge in [-0.15, -0.1) is 5.10 Å². The van der Waals surface area contributed by atoms with Crippen LogP contribution in [0.3, 0.4) is 0 Å². The van der Waals surface area contributed by atoms with Crippen molar-refractivity contribution in [3.8, 4) is 17.1 Å². The van der Waals surface area contributed by atoms with E-state index >= 15 is 0 Å². The second-order valence-corrected chi connectivity index (χ2v) is 7.96. The lowest BCUT2D eigenvalue weighted by atomic mass is 10.1. The molecule has 0 bridgehead atoms. The maximum atomic E-state index is 12.9. The van der Waals surface area contributed by atoms with Crippen LogP contribution in [0.4, 0.5) is 5.69 Å². The van der Waals surface area contributed by atoms with Gasteiger partial charge in [0.2, 0.25) is 5.82 Å². The molecule has 0 aliphatic carbocycles. The van der Waals surface area contributed by atoms with Crippen molar-refractivity contribution in [1.29, 1.82) is 0 Å². The van der Waals surface area contributed by atoms with Gasteiger partial charge in [-0.2, -0.15) is 0 Å². The average molecular weight is 451 g/mol. The Morgan fingerprint density at radius 3 is 2.45 bits per heavy atom. The normalized spacial score (nSPS) is 10.8. The number of nitrogens with zero attached hydrogens (tertiary/aromatic N) is 3. The van der Waals surface area contributed by atoms with Gasteiger partial charge >= 0.3 is 0 Å². The van der Waals surface area contributed by atoms with Gasteiger partial charge in [-0.1, -0.05) is 66.0 Å². The van der Waals surface area contributed by atoms with E-state index in [9.17, 15) is 4.79 Å². The monoisotopic (exact) mass is 450 g/mol. The first-order valence-corrected chi connectivity index (χ1v) is 10.6. The topological polar surface area (TPSA) is 59.8 Å². The van der Waals surface area contributed by atoms with Crippen LogP contribution >= 0.6 is 23.2 Å². The fourth-order valence-corrected chi connectivity index (χ4v) is 3.48. The summed E-state index contributed by atoms with van der Waals surface area (Å²) in [6.45, 7) is 4.08. The lowest BCUT2D eigenvalue weighted by Crippen LogP contribution is -2.14. The molecule has 7 heteroatoms. The number of carbonyl (C=O) groups is 1. The fraction of sp³-hybridized carbons (Fsp3) is 0.125. The molecular formula is C24H20Cl2N4O. The van der Waals surface area contributed by atoms with Crippen LogP contribution in [-0.2, 0) is 6.42 Å². The van der Waals surface area contributed by atoms with Crippen molar-refractivity contribution in [1.82, 2.24) is 14.8 Å². The van der Waals surface area contributed by atoms with Crippen molar-refractivity contribution in [3.63, 3.8) is 0 Å². The number of rotatable bonds is 5. The molecule has 4 aromatic rings. The van der Waals surface area contributed by atoms with E-state index in [2.05, 4.69) is 22.3 Å². The van der Waals surface area contributed by atoms with E-state index in [4.69, 9.17) is 23.2 Å². The quantitative estimate of drug-likeness (QED) is 0.384. The van der Waals surface area contributed by atoms with Gasteiger partial charge in [-0.05, 0) is 55.3 Å². The van der Waals surface area contributed by atoms with Gasteiger partial charge < -0.3 is 5.32 Å². The van der Waals surface area contributed by atoms with Gasteiger partial charge in [-0.3, -0.25) is 4.79 Å². The first kappa shape index (κ1) is 21.1. The number of hydrogen-bond donors (Lipinski definition) is 1. The molecule has 31 heavy (non-hydrogen) atoms. The maximum Gasteiger partial charge on any atom is 0.295 e. The predicted molar refractivity (Wildman–Crippen MR) is 125 cm³/mol. The Kier molecular flexibility index (Phi) is 6.07. The molecule has 3 aromatic carbocycles. The number of amides is 1. The minimum atomic E-state index is -0.392.